The van der Waals surface area contributed by atoms with Crippen molar-refractivity contribution in [1.29, 1.82) is 0 Å². The number of fused-ring (bicyclic) bond motifs is 2. The Labute approximate surface area is 205 Å². The molecule has 1 aliphatic heterocycles. The zero-order valence-corrected chi connectivity index (χ0v) is 21.9. The quantitative estimate of drug-likeness (QED) is 0.262. The fraction of sp³-hybridized carbons (Fsp3) is 0.440. The molecule has 0 radical (unpaired) electrons. The Balaban J connectivity index is 1.62. The average molecular weight is 495 g/mol. The fourth-order valence-corrected chi connectivity index (χ4v) is 5.03. The van der Waals surface area contributed by atoms with Gasteiger partial charge in [0.15, 0.2) is 0 Å². The largest absolute Gasteiger partial charge is 0.367 e. The molecule has 0 atom stereocenters. The number of aromatic nitrogens is 6. The lowest BCUT2D eigenvalue weighted by Crippen LogP contribution is -2.36. The van der Waals surface area contributed by atoms with Gasteiger partial charge in [-0.3, -0.25) is 14.6 Å². The molecule has 0 bridgehead atoms. The Hall–Kier alpha value is -2.95. The molecule has 0 saturated heterocycles. The van der Waals surface area contributed by atoms with Crippen molar-refractivity contribution in [2.45, 2.75) is 65.0 Å². The van der Waals surface area contributed by atoms with Crippen LogP contribution in [0.4, 0.5) is 4.39 Å². The fourth-order valence-electron chi connectivity index (χ4n) is 4.27. The zero-order chi connectivity index (χ0) is 24.8. The maximum atomic E-state index is 13.7. The van der Waals surface area contributed by atoms with Crippen LogP contribution in [0.3, 0.4) is 0 Å². The first-order chi connectivity index (χ1) is 16.6. The molecule has 8 nitrogen and oxygen atoms in total. The molecular weight excluding hydrogens is 463 g/mol. The molecule has 0 fully saturated rings. The lowest BCUT2D eigenvalue weighted by Gasteiger charge is -2.31. The van der Waals surface area contributed by atoms with Gasteiger partial charge in [0.05, 0.1) is 48.1 Å². The van der Waals surface area contributed by atoms with E-state index in [1.165, 1.54) is 12.3 Å². The molecule has 35 heavy (non-hydrogen) atoms. The number of pyridine rings is 2. The summed E-state index contributed by atoms with van der Waals surface area (Å²) in [5, 5.41) is 9.49. The second-order valence-corrected chi connectivity index (χ2v) is 16.4. The Bertz CT molecular complexity index is 1360. The van der Waals surface area contributed by atoms with E-state index in [-0.39, 0.29) is 11.4 Å². The van der Waals surface area contributed by atoms with E-state index < -0.39 is 8.07 Å². The summed E-state index contributed by atoms with van der Waals surface area (Å²) in [6.07, 6.45) is 4.75. The van der Waals surface area contributed by atoms with Crippen LogP contribution >= 0.6 is 0 Å². The Morgan fingerprint density at radius 1 is 1.14 bits per heavy atom. The maximum absolute atomic E-state index is 13.7. The Kier molecular flexibility index (Phi) is 6.06. The highest BCUT2D eigenvalue weighted by Crippen LogP contribution is 2.40. The van der Waals surface area contributed by atoms with Crippen LogP contribution in [0.2, 0.25) is 25.7 Å². The molecule has 0 aliphatic carbocycles. The van der Waals surface area contributed by atoms with Gasteiger partial charge in [-0.2, -0.15) is 10.2 Å². The first-order valence-corrected chi connectivity index (χ1v) is 15.6. The highest BCUT2D eigenvalue weighted by atomic mass is 28.3. The van der Waals surface area contributed by atoms with Crippen molar-refractivity contribution in [2.75, 3.05) is 6.61 Å². The van der Waals surface area contributed by atoms with Crippen LogP contribution in [0.1, 0.15) is 19.5 Å². The standard InChI is InChI=1S/C25H31FN6O2Si/c1-25(2)15-31-21(14-34-25)22(23(30-31)19-7-6-17(26)12-28-19)18-8-9-27-20-13-29-32(24(18)20)16-33-10-11-35(3,4)5/h6-9,12-13H,10-11,14-16H2,1-5H3. The van der Waals surface area contributed by atoms with Crippen molar-refractivity contribution in [2.24, 2.45) is 0 Å². The van der Waals surface area contributed by atoms with E-state index in [0.29, 0.717) is 37.9 Å². The van der Waals surface area contributed by atoms with E-state index in [9.17, 15) is 4.39 Å². The highest BCUT2D eigenvalue weighted by molar-refractivity contribution is 6.76. The van der Waals surface area contributed by atoms with Gasteiger partial charge in [0, 0.05) is 32.0 Å². The van der Waals surface area contributed by atoms with Gasteiger partial charge in [-0.25, -0.2) is 9.07 Å². The van der Waals surface area contributed by atoms with E-state index in [2.05, 4.69) is 34.7 Å². The van der Waals surface area contributed by atoms with Crippen LogP contribution in [0, 0.1) is 5.82 Å². The summed E-state index contributed by atoms with van der Waals surface area (Å²) in [4.78, 5) is 8.87. The lowest BCUT2D eigenvalue weighted by atomic mass is 9.99. The summed E-state index contributed by atoms with van der Waals surface area (Å²) in [5.41, 5.74) is 5.34. The van der Waals surface area contributed by atoms with Crippen LogP contribution in [-0.4, -0.2) is 49.8 Å². The summed E-state index contributed by atoms with van der Waals surface area (Å²) in [6.45, 7) is 13.1. The average Bonchev–Trinajstić information content (AvgIpc) is 3.37. The van der Waals surface area contributed by atoms with Crippen LogP contribution < -0.4 is 0 Å². The first kappa shape index (κ1) is 23.8. The van der Waals surface area contributed by atoms with Gasteiger partial charge in [0.25, 0.3) is 0 Å². The van der Waals surface area contributed by atoms with Gasteiger partial charge < -0.3 is 9.47 Å². The molecule has 184 valence electrons. The third kappa shape index (κ3) is 4.91. The number of rotatable bonds is 7. The third-order valence-corrected chi connectivity index (χ3v) is 7.87. The first-order valence-electron chi connectivity index (χ1n) is 11.9. The molecule has 0 spiro atoms. The van der Waals surface area contributed by atoms with Gasteiger partial charge >= 0.3 is 0 Å². The molecule has 1 aliphatic rings. The predicted octanol–water partition coefficient (Wildman–Crippen LogP) is 5.12. The predicted molar refractivity (Wildman–Crippen MR) is 135 cm³/mol. The van der Waals surface area contributed by atoms with Crippen molar-refractivity contribution in [1.82, 2.24) is 29.5 Å². The van der Waals surface area contributed by atoms with Gasteiger partial charge in [-0.1, -0.05) is 19.6 Å². The molecule has 0 N–H and O–H groups in total. The van der Waals surface area contributed by atoms with E-state index in [4.69, 9.17) is 14.6 Å². The number of hydrogen-bond donors (Lipinski definition) is 0. The smallest absolute Gasteiger partial charge is 0.141 e. The normalized spacial score (nSPS) is 15.5. The molecule has 4 aromatic heterocycles. The molecular formula is C25H31FN6O2Si. The van der Waals surface area contributed by atoms with Crippen molar-refractivity contribution >= 4 is 19.1 Å². The molecule has 0 saturated carbocycles. The van der Waals surface area contributed by atoms with Gasteiger partial charge in [-0.05, 0) is 38.1 Å². The van der Waals surface area contributed by atoms with Crippen molar-refractivity contribution in [3.8, 4) is 22.5 Å². The molecule has 0 aromatic carbocycles. The summed E-state index contributed by atoms with van der Waals surface area (Å²) in [7, 11) is -1.19. The van der Waals surface area contributed by atoms with E-state index in [0.717, 1.165) is 33.9 Å². The van der Waals surface area contributed by atoms with E-state index in [1.54, 1.807) is 18.5 Å². The minimum atomic E-state index is -1.19. The van der Waals surface area contributed by atoms with Crippen molar-refractivity contribution in [3.05, 3.63) is 48.3 Å². The van der Waals surface area contributed by atoms with Crippen LogP contribution in [0.25, 0.3) is 33.5 Å². The van der Waals surface area contributed by atoms with Crippen molar-refractivity contribution in [3.63, 3.8) is 0 Å². The molecule has 5 heterocycles. The van der Waals surface area contributed by atoms with Crippen molar-refractivity contribution < 1.29 is 13.9 Å². The number of nitrogens with zero attached hydrogens (tertiary/aromatic N) is 6. The second-order valence-electron chi connectivity index (χ2n) is 10.8. The SMILES string of the molecule is CC1(C)Cn2nc(-c3ccc(F)cn3)c(-c3ccnc4cnn(COCC[Si](C)(C)C)c34)c2CO1. The van der Waals surface area contributed by atoms with Gasteiger partial charge in [0.1, 0.15) is 23.8 Å². The monoisotopic (exact) mass is 494 g/mol. The summed E-state index contributed by atoms with van der Waals surface area (Å²) < 4.78 is 29.7. The Morgan fingerprint density at radius 2 is 1.97 bits per heavy atom. The lowest BCUT2D eigenvalue weighted by molar-refractivity contribution is -0.0657. The van der Waals surface area contributed by atoms with Crippen LogP contribution in [-0.2, 0) is 29.4 Å². The number of ether oxygens (including phenoxy) is 2. The summed E-state index contributed by atoms with van der Waals surface area (Å²) >= 11 is 0. The van der Waals surface area contributed by atoms with Gasteiger partial charge in [-0.15, -0.1) is 0 Å². The molecule has 5 rings (SSSR count). The molecule has 10 heteroatoms. The second kappa shape index (κ2) is 8.92. The third-order valence-electron chi connectivity index (χ3n) is 6.17. The molecule has 0 unspecified atom stereocenters. The van der Waals surface area contributed by atoms with E-state index >= 15 is 0 Å². The molecule has 0 amide bonds. The highest BCUT2D eigenvalue weighted by Gasteiger charge is 2.32. The van der Waals surface area contributed by atoms with Crippen LogP contribution in [0.5, 0.6) is 0 Å². The summed E-state index contributed by atoms with van der Waals surface area (Å²) in [5.74, 6) is -0.386. The maximum Gasteiger partial charge on any atom is 0.141 e. The zero-order valence-electron chi connectivity index (χ0n) is 20.9. The molecule has 4 aromatic rings. The number of hydrogen-bond acceptors (Lipinski definition) is 6. The van der Waals surface area contributed by atoms with Gasteiger partial charge in [0.2, 0.25) is 0 Å². The van der Waals surface area contributed by atoms with E-state index in [1.807, 2.05) is 29.3 Å². The minimum absolute atomic E-state index is 0.337. The minimum Gasteiger partial charge on any atom is -0.367 e. The topological polar surface area (TPSA) is 79.9 Å². The van der Waals surface area contributed by atoms with Crippen LogP contribution in [0.15, 0.2) is 36.8 Å². The number of halogens is 1. The Morgan fingerprint density at radius 3 is 2.71 bits per heavy atom. The summed E-state index contributed by atoms with van der Waals surface area (Å²) in [6, 6.07) is 6.12.